The second kappa shape index (κ2) is 8.79. The molecular formula is C24H27NO3. The molecule has 3 aromatic carbocycles. The van der Waals surface area contributed by atoms with E-state index in [2.05, 4.69) is 38.2 Å². The maximum atomic E-state index is 11.9. The van der Waals surface area contributed by atoms with Gasteiger partial charge in [0.1, 0.15) is 18.1 Å². The highest BCUT2D eigenvalue weighted by molar-refractivity contribution is 5.83. The van der Waals surface area contributed by atoms with Crippen LogP contribution in [0.1, 0.15) is 26.3 Å². The van der Waals surface area contributed by atoms with E-state index in [0.717, 1.165) is 11.1 Å². The van der Waals surface area contributed by atoms with Crippen molar-refractivity contribution in [1.29, 1.82) is 0 Å². The van der Waals surface area contributed by atoms with Crippen molar-refractivity contribution in [2.45, 2.75) is 26.2 Å². The van der Waals surface area contributed by atoms with E-state index in [1.165, 1.54) is 10.9 Å². The number of fused-ring (bicyclic) bond motifs is 1. The van der Waals surface area contributed by atoms with Crippen LogP contribution in [0.2, 0.25) is 0 Å². The van der Waals surface area contributed by atoms with Crippen molar-refractivity contribution in [3.8, 4) is 11.5 Å². The van der Waals surface area contributed by atoms with Gasteiger partial charge in [0, 0.05) is 0 Å². The molecule has 0 radical (unpaired) electrons. The van der Waals surface area contributed by atoms with Gasteiger partial charge in [-0.2, -0.15) is 0 Å². The van der Waals surface area contributed by atoms with E-state index in [9.17, 15) is 4.79 Å². The third-order valence-electron chi connectivity index (χ3n) is 4.50. The van der Waals surface area contributed by atoms with Crippen LogP contribution in [0.5, 0.6) is 11.5 Å². The molecule has 0 saturated carbocycles. The first kappa shape index (κ1) is 19.7. The van der Waals surface area contributed by atoms with Crippen LogP contribution in [0.25, 0.3) is 10.8 Å². The molecule has 146 valence electrons. The fourth-order valence-electron chi connectivity index (χ4n) is 2.87. The third-order valence-corrected chi connectivity index (χ3v) is 4.50. The highest BCUT2D eigenvalue weighted by atomic mass is 16.5. The molecule has 0 fully saturated rings. The number of benzene rings is 3. The van der Waals surface area contributed by atoms with E-state index >= 15 is 0 Å². The molecule has 0 spiro atoms. The van der Waals surface area contributed by atoms with Gasteiger partial charge >= 0.3 is 0 Å². The molecule has 3 rings (SSSR count). The van der Waals surface area contributed by atoms with Gasteiger partial charge in [-0.1, -0.05) is 63.2 Å². The van der Waals surface area contributed by atoms with E-state index in [0.29, 0.717) is 18.9 Å². The van der Waals surface area contributed by atoms with Crippen LogP contribution >= 0.6 is 0 Å². The summed E-state index contributed by atoms with van der Waals surface area (Å²) in [4.78, 5) is 11.9. The topological polar surface area (TPSA) is 47.6 Å². The lowest BCUT2D eigenvalue weighted by atomic mass is 9.87. The van der Waals surface area contributed by atoms with Crippen LogP contribution in [0, 0.1) is 0 Å². The number of hydrogen-bond donors (Lipinski definition) is 1. The number of amides is 1. The third kappa shape index (κ3) is 5.49. The van der Waals surface area contributed by atoms with Crippen molar-refractivity contribution < 1.29 is 14.3 Å². The Hall–Kier alpha value is -3.01. The van der Waals surface area contributed by atoms with Gasteiger partial charge in [0.25, 0.3) is 5.91 Å². The Kier molecular flexibility index (Phi) is 6.19. The summed E-state index contributed by atoms with van der Waals surface area (Å²) >= 11 is 0. The van der Waals surface area contributed by atoms with Crippen LogP contribution in [0.15, 0.2) is 66.7 Å². The largest absolute Gasteiger partial charge is 0.492 e. The molecule has 0 aliphatic heterocycles. The Labute approximate surface area is 166 Å². The monoisotopic (exact) mass is 377 g/mol. The molecule has 1 amide bonds. The summed E-state index contributed by atoms with van der Waals surface area (Å²) in [6, 6.07) is 22.0. The van der Waals surface area contributed by atoms with Crippen molar-refractivity contribution >= 4 is 16.7 Å². The summed E-state index contributed by atoms with van der Waals surface area (Å²) in [5, 5.41) is 5.12. The van der Waals surface area contributed by atoms with Crippen LogP contribution in [-0.4, -0.2) is 25.7 Å². The molecule has 0 unspecified atom stereocenters. The molecule has 4 nitrogen and oxygen atoms in total. The zero-order chi connectivity index (χ0) is 20.0. The summed E-state index contributed by atoms with van der Waals surface area (Å²) in [5.41, 5.74) is 1.33. The number of carbonyl (C=O) groups is 1. The highest BCUT2D eigenvalue weighted by Crippen LogP contribution is 2.24. The Morgan fingerprint density at radius 1 is 0.857 bits per heavy atom. The molecule has 0 saturated heterocycles. The van der Waals surface area contributed by atoms with Gasteiger partial charge in [-0.05, 0) is 46.0 Å². The molecule has 0 bridgehead atoms. The van der Waals surface area contributed by atoms with E-state index in [1.54, 1.807) is 0 Å². The van der Waals surface area contributed by atoms with Crippen LogP contribution in [-0.2, 0) is 10.2 Å². The summed E-state index contributed by atoms with van der Waals surface area (Å²) in [5.74, 6) is 1.32. The van der Waals surface area contributed by atoms with Crippen molar-refractivity contribution in [3.05, 3.63) is 72.3 Å². The molecule has 0 atom stereocenters. The Morgan fingerprint density at radius 2 is 1.54 bits per heavy atom. The molecule has 0 heterocycles. The highest BCUT2D eigenvalue weighted by Gasteiger charge is 2.13. The lowest BCUT2D eigenvalue weighted by Gasteiger charge is -2.19. The predicted molar refractivity (Wildman–Crippen MR) is 113 cm³/mol. The molecule has 4 heteroatoms. The predicted octanol–water partition coefficient (Wildman–Crippen LogP) is 4.71. The van der Waals surface area contributed by atoms with Crippen molar-refractivity contribution in [2.75, 3.05) is 19.8 Å². The Morgan fingerprint density at radius 3 is 2.25 bits per heavy atom. The summed E-state index contributed by atoms with van der Waals surface area (Å²) in [6.07, 6.45) is 0. The molecule has 0 aromatic heterocycles. The minimum Gasteiger partial charge on any atom is -0.492 e. The number of rotatable bonds is 7. The van der Waals surface area contributed by atoms with E-state index in [1.807, 2.05) is 54.6 Å². The summed E-state index contributed by atoms with van der Waals surface area (Å²) < 4.78 is 11.3. The second-order valence-corrected chi connectivity index (χ2v) is 7.77. The standard InChI is InChI=1S/C24H27NO3/c1-24(2,3)20-9-12-21(13-10-20)28-17-23(26)25-14-15-27-22-11-8-18-6-4-5-7-19(18)16-22/h4-13,16H,14-15,17H2,1-3H3,(H,25,26). The van der Waals surface area contributed by atoms with Crippen molar-refractivity contribution in [3.63, 3.8) is 0 Å². The second-order valence-electron chi connectivity index (χ2n) is 7.77. The Bertz CT molecular complexity index is 926. The van der Waals surface area contributed by atoms with Crippen molar-refractivity contribution in [2.24, 2.45) is 0 Å². The van der Waals surface area contributed by atoms with Gasteiger partial charge < -0.3 is 14.8 Å². The molecule has 0 aliphatic carbocycles. The lowest BCUT2D eigenvalue weighted by Crippen LogP contribution is -2.32. The van der Waals surface area contributed by atoms with Gasteiger partial charge in [-0.15, -0.1) is 0 Å². The van der Waals surface area contributed by atoms with E-state index in [-0.39, 0.29) is 17.9 Å². The average molecular weight is 377 g/mol. The van der Waals surface area contributed by atoms with Gasteiger partial charge in [-0.25, -0.2) is 0 Å². The smallest absolute Gasteiger partial charge is 0.258 e. The molecule has 28 heavy (non-hydrogen) atoms. The maximum Gasteiger partial charge on any atom is 0.258 e. The normalized spacial score (nSPS) is 11.2. The zero-order valence-electron chi connectivity index (χ0n) is 16.7. The molecule has 1 N–H and O–H groups in total. The van der Waals surface area contributed by atoms with Gasteiger partial charge in [0.05, 0.1) is 6.54 Å². The molecular weight excluding hydrogens is 350 g/mol. The SMILES string of the molecule is CC(C)(C)c1ccc(OCC(=O)NCCOc2ccc3ccccc3c2)cc1. The minimum atomic E-state index is -0.165. The first-order chi connectivity index (χ1) is 13.4. The number of nitrogens with one attached hydrogen (secondary N) is 1. The van der Waals surface area contributed by atoms with E-state index < -0.39 is 0 Å². The number of ether oxygens (including phenoxy) is 2. The fourth-order valence-corrected chi connectivity index (χ4v) is 2.87. The molecule has 0 aliphatic rings. The number of carbonyl (C=O) groups excluding carboxylic acids is 1. The summed E-state index contributed by atoms with van der Waals surface area (Å²) in [7, 11) is 0. The fraction of sp³-hybridized carbons (Fsp3) is 0.292. The van der Waals surface area contributed by atoms with Gasteiger partial charge in [0.15, 0.2) is 6.61 Å². The maximum absolute atomic E-state index is 11.9. The van der Waals surface area contributed by atoms with Crippen molar-refractivity contribution in [1.82, 2.24) is 5.32 Å². The average Bonchev–Trinajstić information content (AvgIpc) is 2.69. The van der Waals surface area contributed by atoms with Gasteiger partial charge in [-0.3, -0.25) is 4.79 Å². The summed E-state index contributed by atoms with van der Waals surface area (Å²) in [6.45, 7) is 7.32. The quantitative estimate of drug-likeness (QED) is 0.607. The minimum absolute atomic E-state index is 0.00909. The number of hydrogen-bond acceptors (Lipinski definition) is 3. The molecule has 3 aromatic rings. The van der Waals surface area contributed by atoms with Crippen LogP contribution in [0.4, 0.5) is 0 Å². The Balaban J connectivity index is 1.38. The van der Waals surface area contributed by atoms with Crippen LogP contribution < -0.4 is 14.8 Å². The lowest BCUT2D eigenvalue weighted by molar-refractivity contribution is -0.123. The van der Waals surface area contributed by atoms with E-state index in [4.69, 9.17) is 9.47 Å². The zero-order valence-corrected chi connectivity index (χ0v) is 16.7. The van der Waals surface area contributed by atoms with Gasteiger partial charge in [0.2, 0.25) is 0 Å². The first-order valence-electron chi connectivity index (χ1n) is 9.53. The first-order valence-corrected chi connectivity index (χ1v) is 9.53. The van der Waals surface area contributed by atoms with Crippen LogP contribution in [0.3, 0.4) is 0 Å².